The van der Waals surface area contributed by atoms with Gasteiger partial charge in [-0.3, -0.25) is 0 Å². The van der Waals surface area contributed by atoms with Gasteiger partial charge in [-0.05, 0) is 31.7 Å². The lowest BCUT2D eigenvalue weighted by Crippen LogP contribution is -2.35. The molecule has 0 bridgehead atoms. The molecule has 2 rings (SSSR count). The van der Waals surface area contributed by atoms with E-state index >= 15 is 0 Å². The molecule has 0 saturated heterocycles. The van der Waals surface area contributed by atoms with Gasteiger partial charge in [0.15, 0.2) is 0 Å². The third-order valence-corrected chi connectivity index (χ3v) is 3.57. The molecule has 1 aliphatic carbocycles. The van der Waals surface area contributed by atoms with Crippen molar-refractivity contribution in [1.82, 2.24) is 15.5 Å². The highest BCUT2D eigenvalue weighted by molar-refractivity contribution is 5.18. The van der Waals surface area contributed by atoms with Crippen LogP contribution in [-0.2, 0) is 6.54 Å². The second-order valence-electron chi connectivity index (χ2n) is 4.59. The van der Waals surface area contributed by atoms with Gasteiger partial charge in [-0.25, -0.2) is 0 Å². The van der Waals surface area contributed by atoms with E-state index in [2.05, 4.69) is 27.8 Å². The van der Waals surface area contributed by atoms with Crippen molar-refractivity contribution in [2.45, 2.75) is 39.2 Å². The Morgan fingerprint density at radius 3 is 2.75 bits per heavy atom. The molecule has 0 aromatic carbocycles. The van der Waals surface area contributed by atoms with Crippen LogP contribution in [0.4, 0.5) is 6.01 Å². The van der Waals surface area contributed by atoms with Crippen LogP contribution in [0.25, 0.3) is 0 Å². The van der Waals surface area contributed by atoms with Crippen LogP contribution in [0.2, 0.25) is 0 Å². The van der Waals surface area contributed by atoms with Crippen molar-refractivity contribution in [2.75, 3.05) is 18.9 Å². The van der Waals surface area contributed by atoms with Crippen LogP contribution in [0.5, 0.6) is 0 Å². The number of hydrogen-bond donors (Lipinski definition) is 2. The number of nitrogens with one attached hydrogen (secondary N) is 2. The maximum atomic E-state index is 5.44. The minimum Gasteiger partial charge on any atom is -0.407 e. The first-order chi connectivity index (χ1) is 7.78. The molecule has 90 valence electrons. The average molecular weight is 224 g/mol. The van der Waals surface area contributed by atoms with Crippen LogP contribution in [-0.4, -0.2) is 23.8 Å². The largest absolute Gasteiger partial charge is 0.407 e. The van der Waals surface area contributed by atoms with Gasteiger partial charge in [0, 0.05) is 6.54 Å². The SMILES string of the molecule is CCC1(CNc2nnc(CNC)o2)CCC1. The number of hydrogen-bond acceptors (Lipinski definition) is 5. The van der Waals surface area contributed by atoms with E-state index in [-0.39, 0.29) is 0 Å². The number of nitrogens with zero attached hydrogens (tertiary/aromatic N) is 2. The lowest BCUT2D eigenvalue weighted by Gasteiger charge is -2.41. The summed E-state index contributed by atoms with van der Waals surface area (Å²) in [7, 11) is 1.86. The average Bonchev–Trinajstić information content (AvgIpc) is 2.66. The predicted octanol–water partition coefficient (Wildman–Crippen LogP) is 1.78. The van der Waals surface area contributed by atoms with Gasteiger partial charge in [0.05, 0.1) is 6.54 Å². The van der Waals surface area contributed by atoms with Crippen molar-refractivity contribution >= 4 is 6.01 Å². The molecule has 5 nitrogen and oxygen atoms in total. The van der Waals surface area contributed by atoms with E-state index in [1.54, 1.807) is 0 Å². The Morgan fingerprint density at radius 1 is 1.38 bits per heavy atom. The summed E-state index contributed by atoms with van der Waals surface area (Å²) in [5.74, 6) is 0.629. The first kappa shape index (κ1) is 11.4. The summed E-state index contributed by atoms with van der Waals surface area (Å²) in [6, 6.07) is 0.546. The molecule has 1 aliphatic rings. The van der Waals surface area contributed by atoms with Crippen molar-refractivity contribution in [2.24, 2.45) is 5.41 Å². The van der Waals surface area contributed by atoms with Crippen molar-refractivity contribution in [1.29, 1.82) is 0 Å². The molecular formula is C11H20N4O. The van der Waals surface area contributed by atoms with Crippen molar-refractivity contribution in [3.63, 3.8) is 0 Å². The Hall–Kier alpha value is -1.10. The Bertz CT molecular complexity index is 327. The fourth-order valence-corrected chi connectivity index (χ4v) is 2.14. The van der Waals surface area contributed by atoms with Gasteiger partial charge in [-0.1, -0.05) is 18.4 Å². The smallest absolute Gasteiger partial charge is 0.315 e. The zero-order chi connectivity index (χ0) is 11.4. The summed E-state index contributed by atoms with van der Waals surface area (Å²) in [6.07, 6.45) is 5.20. The second-order valence-corrected chi connectivity index (χ2v) is 4.59. The monoisotopic (exact) mass is 224 g/mol. The fourth-order valence-electron chi connectivity index (χ4n) is 2.14. The molecule has 0 amide bonds. The molecule has 0 spiro atoms. The predicted molar refractivity (Wildman–Crippen MR) is 62.1 cm³/mol. The molecule has 1 aromatic rings. The zero-order valence-electron chi connectivity index (χ0n) is 10.0. The second kappa shape index (κ2) is 4.82. The summed E-state index contributed by atoms with van der Waals surface area (Å²) in [5, 5.41) is 14.1. The molecule has 0 radical (unpaired) electrons. The van der Waals surface area contributed by atoms with E-state index in [4.69, 9.17) is 4.42 Å². The van der Waals surface area contributed by atoms with E-state index in [0.29, 0.717) is 23.9 Å². The minimum atomic E-state index is 0.470. The normalized spacial score (nSPS) is 18.1. The highest BCUT2D eigenvalue weighted by Crippen LogP contribution is 2.43. The Morgan fingerprint density at radius 2 is 2.19 bits per heavy atom. The van der Waals surface area contributed by atoms with Gasteiger partial charge >= 0.3 is 6.01 Å². The molecule has 5 heteroatoms. The van der Waals surface area contributed by atoms with Gasteiger partial charge < -0.3 is 15.1 Å². The van der Waals surface area contributed by atoms with Crippen LogP contribution >= 0.6 is 0 Å². The summed E-state index contributed by atoms with van der Waals surface area (Å²) in [6.45, 7) is 3.82. The molecule has 2 N–H and O–H groups in total. The Kier molecular flexibility index (Phi) is 3.43. The molecule has 1 fully saturated rings. The molecule has 1 aromatic heterocycles. The first-order valence-corrected chi connectivity index (χ1v) is 5.99. The van der Waals surface area contributed by atoms with Crippen molar-refractivity contribution in [3.8, 4) is 0 Å². The highest BCUT2D eigenvalue weighted by Gasteiger charge is 2.35. The van der Waals surface area contributed by atoms with E-state index in [0.717, 1.165) is 6.54 Å². The quantitative estimate of drug-likeness (QED) is 0.771. The molecule has 1 heterocycles. The minimum absolute atomic E-state index is 0.470. The number of rotatable bonds is 6. The molecule has 16 heavy (non-hydrogen) atoms. The number of aromatic nitrogens is 2. The van der Waals surface area contributed by atoms with E-state index in [1.165, 1.54) is 25.7 Å². The Labute approximate surface area is 96.0 Å². The van der Waals surface area contributed by atoms with E-state index in [1.807, 2.05) is 7.05 Å². The van der Waals surface area contributed by atoms with E-state index < -0.39 is 0 Å². The summed E-state index contributed by atoms with van der Waals surface area (Å²) in [4.78, 5) is 0. The topological polar surface area (TPSA) is 63.0 Å². The van der Waals surface area contributed by atoms with E-state index in [9.17, 15) is 0 Å². The Balaban J connectivity index is 1.84. The van der Waals surface area contributed by atoms with Gasteiger partial charge in [0.2, 0.25) is 5.89 Å². The lowest BCUT2D eigenvalue weighted by atomic mass is 9.67. The molecule has 0 aliphatic heterocycles. The van der Waals surface area contributed by atoms with Crippen LogP contribution < -0.4 is 10.6 Å². The fraction of sp³-hybridized carbons (Fsp3) is 0.818. The van der Waals surface area contributed by atoms with Gasteiger partial charge in [0.25, 0.3) is 0 Å². The van der Waals surface area contributed by atoms with Crippen molar-refractivity contribution in [3.05, 3.63) is 5.89 Å². The molecule has 0 atom stereocenters. The van der Waals surface area contributed by atoms with Crippen LogP contribution in [0.3, 0.4) is 0 Å². The summed E-state index contributed by atoms with van der Waals surface area (Å²) < 4.78 is 5.44. The third-order valence-electron chi connectivity index (χ3n) is 3.57. The van der Waals surface area contributed by atoms with Gasteiger partial charge in [0.1, 0.15) is 0 Å². The zero-order valence-corrected chi connectivity index (χ0v) is 10.0. The van der Waals surface area contributed by atoms with Crippen LogP contribution in [0.15, 0.2) is 4.42 Å². The first-order valence-electron chi connectivity index (χ1n) is 5.99. The molecule has 1 saturated carbocycles. The maximum absolute atomic E-state index is 5.44. The third kappa shape index (κ3) is 2.35. The summed E-state index contributed by atoms with van der Waals surface area (Å²) >= 11 is 0. The number of anilines is 1. The maximum Gasteiger partial charge on any atom is 0.315 e. The highest BCUT2D eigenvalue weighted by atomic mass is 16.4. The summed E-state index contributed by atoms with van der Waals surface area (Å²) in [5.41, 5.74) is 0.470. The lowest BCUT2D eigenvalue weighted by molar-refractivity contribution is 0.144. The van der Waals surface area contributed by atoms with Crippen LogP contribution in [0.1, 0.15) is 38.5 Å². The van der Waals surface area contributed by atoms with Crippen molar-refractivity contribution < 1.29 is 4.42 Å². The van der Waals surface area contributed by atoms with Gasteiger partial charge in [-0.2, -0.15) is 0 Å². The molecular weight excluding hydrogens is 204 g/mol. The van der Waals surface area contributed by atoms with Crippen LogP contribution in [0, 0.1) is 5.41 Å². The standard InChI is InChI=1S/C11H20N4O/c1-3-11(5-4-6-11)8-13-10-15-14-9(16-10)7-12-2/h12H,3-8H2,1-2H3,(H,13,15). The van der Waals surface area contributed by atoms with Gasteiger partial charge in [-0.15, -0.1) is 5.10 Å². The molecule has 0 unspecified atom stereocenters.